The molecule has 4 nitrogen and oxygen atoms in total. The molecule has 0 aliphatic rings. The molecule has 5 heteroatoms. The summed E-state index contributed by atoms with van der Waals surface area (Å²) >= 11 is 6.18. The van der Waals surface area contributed by atoms with E-state index in [2.05, 4.69) is 4.98 Å². The van der Waals surface area contributed by atoms with Crippen molar-refractivity contribution in [1.82, 2.24) is 4.98 Å². The molecule has 0 bridgehead atoms. The minimum absolute atomic E-state index is 0.293. The summed E-state index contributed by atoms with van der Waals surface area (Å²) in [6.45, 7) is 0. The van der Waals surface area contributed by atoms with Gasteiger partial charge in [-0.1, -0.05) is 29.8 Å². The largest absolute Gasteiger partial charge is 0.455 e. The molecule has 3 aromatic rings. The second-order valence-corrected chi connectivity index (χ2v) is 4.79. The Kier molecular flexibility index (Phi) is 3.35. The zero-order chi connectivity index (χ0) is 14.8. The topological polar surface area (TPSA) is 71.9 Å². The molecular weight excluding hydrogens is 286 g/mol. The van der Waals surface area contributed by atoms with Crippen molar-refractivity contribution >= 4 is 28.2 Å². The van der Waals surface area contributed by atoms with Crippen LogP contribution in [0.1, 0.15) is 5.56 Å². The highest BCUT2D eigenvalue weighted by Gasteiger charge is 2.13. The molecule has 3 rings (SSSR count). The number of anilines is 1. The predicted molar refractivity (Wildman–Crippen MR) is 82.4 cm³/mol. The van der Waals surface area contributed by atoms with Crippen molar-refractivity contribution in [1.29, 1.82) is 5.26 Å². The van der Waals surface area contributed by atoms with Gasteiger partial charge in [-0.3, -0.25) is 4.98 Å². The molecule has 102 valence electrons. The molecule has 0 aliphatic carbocycles. The van der Waals surface area contributed by atoms with Gasteiger partial charge in [0.1, 0.15) is 17.3 Å². The number of hydrogen-bond acceptors (Lipinski definition) is 4. The molecule has 0 amide bonds. The Bertz CT molecular complexity index is 857. The van der Waals surface area contributed by atoms with Gasteiger partial charge in [-0.2, -0.15) is 5.26 Å². The van der Waals surface area contributed by atoms with Crippen molar-refractivity contribution in [3.8, 4) is 17.6 Å². The summed E-state index contributed by atoms with van der Waals surface area (Å²) in [7, 11) is 0. The second kappa shape index (κ2) is 5.31. The van der Waals surface area contributed by atoms with Gasteiger partial charge in [0.05, 0.1) is 16.3 Å². The van der Waals surface area contributed by atoms with E-state index in [1.165, 1.54) is 6.20 Å². The van der Waals surface area contributed by atoms with E-state index in [-0.39, 0.29) is 0 Å². The number of rotatable bonds is 2. The molecule has 21 heavy (non-hydrogen) atoms. The molecular formula is C16H10ClN3O. The Hall–Kier alpha value is -2.77. The first-order chi connectivity index (χ1) is 10.2. The lowest BCUT2D eigenvalue weighted by molar-refractivity contribution is 0.487. The minimum Gasteiger partial charge on any atom is -0.455 e. The summed E-state index contributed by atoms with van der Waals surface area (Å²) in [6.07, 6.45) is 1.42. The first-order valence-corrected chi connectivity index (χ1v) is 6.58. The normalized spacial score (nSPS) is 10.3. The third kappa shape index (κ3) is 2.35. The number of nitrogens with zero attached hydrogens (tertiary/aromatic N) is 2. The summed E-state index contributed by atoms with van der Waals surface area (Å²) in [5, 5.41) is 10.00. The highest BCUT2D eigenvalue weighted by Crippen LogP contribution is 2.36. The van der Waals surface area contributed by atoms with Crippen LogP contribution in [-0.4, -0.2) is 4.98 Å². The van der Waals surface area contributed by atoms with Gasteiger partial charge in [-0.15, -0.1) is 0 Å². The molecule has 0 saturated heterocycles. The standard InChI is InChI=1S/C16H10ClN3O/c17-12-6-7-13(21-11-4-2-1-3-5-11)16-14(12)15(19)10(8-18)9-20-16/h1-7,9H,(H2,19,20). The van der Waals surface area contributed by atoms with Gasteiger partial charge in [-0.05, 0) is 24.3 Å². The van der Waals surface area contributed by atoms with Crippen LogP contribution < -0.4 is 10.5 Å². The summed E-state index contributed by atoms with van der Waals surface area (Å²) in [6, 6.07) is 14.8. The van der Waals surface area contributed by atoms with Crippen molar-refractivity contribution < 1.29 is 4.74 Å². The monoisotopic (exact) mass is 295 g/mol. The van der Waals surface area contributed by atoms with Crippen LogP contribution in [0.15, 0.2) is 48.7 Å². The Morgan fingerprint density at radius 3 is 2.62 bits per heavy atom. The fourth-order valence-corrected chi connectivity index (χ4v) is 2.31. The molecule has 0 fully saturated rings. The smallest absolute Gasteiger partial charge is 0.153 e. The average Bonchev–Trinajstić information content (AvgIpc) is 2.51. The van der Waals surface area contributed by atoms with Crippen molar-refractivity contribution in [2.24, 2.45) is 0 Å². The van der Waals surface area contributed by atoms with E-state index >= 15 is 0 Å². The second-order valence-electron chi connectivity index (χ2n) is 4.38. The fraction of sp³-hybridized carbons (Fsp3) is 0. The number of nitrogens with two attached hydrogens (primary N) is 1. The molecule has 1 heterocycles. The molecule has 0 atom stereocenters. The molecule has 1 aromatic heterocycles. The van der Waals surface area contributed by atoms with Gasteiger partial charge < -0.3 is 10.5 Å². The first-order valence-electron chi connectivity index (χ1n) is 6.20. The molecule has 0 radical (unpaired) electrons. The van der Waals surface area contributed by atoms with E-state index < -0.39 is 0 Å². The number of benzene rings is 2. The van der Waals surface area contributed by atoms with Crippen LogP contribution in [0.3, 0.4) is 0 Å². The van der Waals surface area contributed by atoms with Gasteiger partial charge in [0.2, 0.25) is 0 Å². The van der Waals surface area contributed by atoms with Crippen molar-refractivity contribution in [2.45, 2.75) is 0 Å². The average molecular weight is 296 g/mol. The SMILES string of the molecule is N#Cc1cnc2c(Oc3ccccc3)ccc(Cl)c2c1N. The molecule has 2 aromatic carbocycles. The number of nitrogen functional groups attached to an aromatic ring is 1. The van der Waals surface area contributed by atoms with Crippen LogP contribution in [0.4, 0.5) is 5.69 Å². The third-order valence-electron chi connectivity index (χ3n) is 3.06. The van der Waals surface area contributed by atoms with Crippen LogP contribution in [-0.2, 0) is 0 Å². The van der Waals surface area contributed by atoms with E-state index in [0.717, 1.165) is 0 Å². The Balaban J connectivity index is 2.20. The maximum atomic E-state index is 9.03. The van der Waals surface area contributed by atoms with Gasteiger partial charge >= 0.3 is 0 Å². The van der Waals surface area contributed by atoms with Crippen LogP contribution in [0.25, 0.3) is 10.9 Å². The number of halogens is 1. The minimum atomic E-state index is 0.293. The zero-order valence-corrected chi connectivity index (χ0v) is 11.6. The summed E-state index contributed by atoms with van der Waals surface area (Å²) < 4.78 is 5.82. The third-order valence-corrected chi connectivity index (χ3v) is 3.38. The number of pyridine rings is 1. The summed E-state index contributed by atoms with van der Waals surface area (Å²) in [4.78, 5) is 4.26. The van der Waals surface area contributed by atoms with Crippen LogP contribution in [0, 0.1) is 11.3 Å². The number of para-hydroxylation sites is 1. The Labute approximate surface area is 126 Å². The number of hydrogen-bond donors (Lipinski definition) is 1. The van der Waals surface area contributed by atoms with E-state index in [1.807, 2.05) is 36.4 Å². The fourth-order valence-electron chi connectivity index (χ4n) is 2.05. The maximum Gasteiger partial charge on any atom is 0.153 e. The number of ether oxygens (including phenoxy) is 1. The van der Waals surface area contributed by atoms with E-state index in [1.54, 1.807) is 12.1 Å². The Morgan fingerprint density at radius 2 is 1.90 bits per heavy atom. The molecule has 0 aliphatic heterocycles. The van der Waals surface area contributed by atoms with Crippen molar-refractivity contribution in [3.63, 3.8) is 0 Å². The molecule has 0 unspecified atom stereocenters. The highest BCUT2D eigenvalue weighted by molar-refractivity contribution is 6.36. The molecule has 2 N–H and O–H groups in total. The molecule has 0 spiro atoms. The number of fused-ring (bicyclic) bond motifs is 1. The van der Waals surface area contributed by atoms with E-state index in [0.29, 0.717) is 38.7 Å². The number of aromatic nitrogens is 1. The van der Waals surface area contributed by atoms with Gasteiger partial charge in [0.15, 0.2) is 5.75 Å². The van der Waals surface area contributed by atoms with Gasteiger partial charge in [0.25, 0.3) is 0 Å². The maximum absolute atomic E-state index is 9.03. The van der Waals surface area contributed by atoms with Crippen LogP contribution >= 0.6 is 11.6 Å². The summed E-state index contributed by atoms with van der Waals surface area (Å²) in [5.74, 6) is 1.22. The quantitative estimate of drug-likeness (QED) is 0.771. The highest BCUT2D eigenvalue weighted by atomic mass is 35.5. The lowest BCUT2D eigenvalue weighted by atomic mass is 10.1. The lowest BCUT2D eigenvalue weighted by Gasteiger charge is -2.11. The summed E-state index contributed by atoms with van der Waals surface area (Å²) in [5.41, 5.74) is 7.12. The van der Waals surface area contributed by atoms with Crippen molar-refractivity contribution in [3.05, 3.63) is 59.2 Å². The van der Waals surface area contributed by atoms with Crippen molar-refractivity contribution in [2.75, 3.05) is 5.73 Å². The Morgan fingerprint density at radius 1 is 1.14 bits per heavy atom. The van der Waals surface area contributed by atoms with E-state index in [4.69, 9.17) is 27.3 Å². The lowest BCUT2D eigenvalue weighted by Crippen LogP contribution is -1.96. The number of nitriles is 1. The van der Waals surface area contributed by atoms with Crippen LogP contribution in [0.5, 0.6) is 11.5 Å². The van der Waals surface area contributed by atoms with Gasteiger partial charge in [-0.25, -0.2) is 0 Å². The first kappa shape index (κ1) is 13.2. The predicted octanol–water partition coefficient (Wildman–Crippen LogP) is 4.13. The zero-order valence-electron chi connectivity index (χ0n) is 10.9. The molecule has 0 saturated carbocycles. The van der Waals surface area contributed by atoms with Gasteiger partial charge in [0, 0.05) is 11.6 Å². The van der Waals surface area contributed by atoms with Crippen LogP contribution in [0.2, 0.25) is 5.02 Å². The van der Waals surface area contributed by atoms with E-state index in [9.17, 15) is 0 Å².